The quantitative estimate of drug-likeness (QED) is 0.726. The summed E-state index contributed by atoms with van der Waals surface area (Å²) < 4.78 is 30.7. The normalized spacial score (nSPS) is 11.6. The van der Waals surface area contributed by atoms with E-state index >= 15 is 0 Å². The van der Waals surface area contributed by atoms with Crippen LogP contribution in [0.15, 0.2) is 16.3 Å². The fraction of sp³-hybridized carbons (Fsp3) is 0.375. The van der Waals surface area contributed by atoms with Crippen molar-refractivity contribution in [2.75, 3.05) is 19.8 Å². The van der Waals surface area contributed by atoms with Crippen LogP contribution in [0.2, 0.25) is 4.34 Å². The van der Waals surface area contributed by atoms with E-state index in [4.69, 9.17) is 16.7 Å². The van der Waals surface area contributed by atoms with Crippen LogP contribution in [-0.2, 0) is 19.6 Å². The topological polar surface area (TPSA) is 92.7 Å². The van der Waals surface area contributed by atoms with Gasteiger partial charge in [0.15, 0.2) is 0 Å². The van der Waals surface area contributed by atoms with Crippen molar-refractivity contribution < 1.29 is 23.1 Å². The molecule has 0 fully saturated rings. The summed E-state index contributed by atoms with van der Waals surface area (Å²) in [5.74, 6) is -1.10. The number of hydrogen-bond donors (Lipinski definition) is 2. The monoisotopic (exact) mass is 299 g/mol. The van der Waals surface area contributed by atoms with Crippen LogP contribution < -0.4 is 4.72 Å². The minimum Gasteiger partial charge on any atom is -0.480 e. The molecule has 0 saturated heterocycles. The number of sulfonamides is 1. The lowest BCUT2D eigenvalue weighted by atomic mass is 10.7. The fourth-order valence-corrected chi connectivity index (χ4v) is 3.46. The molecule has 2 N–H and O–H groups in total. The Balaban J connectivity index is 2.38. The van der Waals surface area contributed by atoms with Crippen LogP contribution in [0.1, 0.15) is 0 Å². The van der Waals surface area contributed by atoms with Gasteiger partial charge in [-0.15, -0.1) is 11.3 Å². The van der Waals surface area contributed by atoms with Gasteiger partial charge in [0.1, 0.15) is 10.8 Å². The van der Waals surface area contributed by atoms with Gasteiger partial charge in [-0.2, -0.15) is 0 Å². The van der Waals surface area contributed by atoms with Crippen LogP contribution >= 0.6 is 22.9 Å². The average molecular weight is 300 g/mol. The van der Waals surface area contributed by atoms with Gasteiger partial charge >= 0.3 is 5.97 Å². The number of carboxylic acids is 1. The van der Waals surface area contributed by atoms with Crippen molar-refractivity contribution in [1.82, 2.24) is 4.72 Å². The fourth-order valence-electron chi connectivity index (χ4n) is 0.921. The lowest BCUT2D eigenvalue weighted by molar-refractivity contribution is -0.142. The first-order valence-electron chi connectivity index (χ1n) is 4.46. The third kappa shape index (κ3) is 5.00. The number of aliphatic carboxylic acids is 1. The minimum absolute atomic E-state index is 0.00509. The Hall–Kier alpha value is -0.670. The van der Waals surface area contributed by atoms with E-state index in [1.54, 1.807) is 0 Å². The van der Waals surface area contributed by atoms with Crippen LogP contribution in [0.25, 0.3) is 0 Å². The molecule has 0 aliphatic carbocycles. The van der Waals surface area contributed by atoms with Gasteiger partial charge in [0.05, 0.1) is 10.9 Å². The minimum atomic E-state index is -3.58. The first-order valence-corrected chi connectivity index (χ1v) is 7.14. The Morgan fingerprint density at radius 3 is 2.76 bits per heavy atom. The Kier molecular flexibility index (Phi) is 5.34. The summed E-state index contributed by atoms with van der Waals surface area (Å²) in [5, 5.41) is 8.28. The molecule has 9 heteroatoms. The molecule has 1 heterocycles. The second-order valence-corrected chi connectivity index (χ2v) is 6.61. The molecule has 0 radical (unpaired) electrons. The first-order chi connectivity index (χ1) is 7.92. The van der Waals surface area contributed by atoms with E-state index in [2.05, 4.69) is 9.46 Å². The number of carboxylic acid groups (broad SMARTS) is 1. The van der Waals surface area contributed by atoms with E-state index in [1.165, 1.54) is 12.1 Å². The zero-order valence-electron chi connectivity index (χ0n) is 8.55. The molecular weight excluding hydrogens is 290 g/mol. The molecule has 0 aliphatic heterocycles. The SMILES string of the molecule is O=C(O)COCCNS(=O)(=O)c1ccc(Cl)s1. The van der Waals surface area contributed by atoms with E-state index in [0.29, 0.717) is 4.34 Å². The average Bonchev–Trinajstić information content (AvgIpc) is 2.64. The second kappa shape index (κ2) is 6.31. The highest BCUT2D eigenvalue weighted by Gasteiger charge is 2.15. The van der Waals surface area contributed by atoms with Gasteiger partial charge in [0.2, 0.25) is 10.0 Å². The predicted molar refractivity (Wildman–Crippen MR) is 63.0 cm³/mol. The molecule has 6 nitrogen and oxygen atoms in total. The van der Waals surface area contributed by atoms with Gasteiger partial charge in [-0.05, 0) is 12.1 Å². The largest absolute Gasteiger partial charge is 0.480 e. The Labute approximate surface area is 107 Å². The van der Waals surface area contributed by atoms with Crippen LogP contribution in [0.3, 0.4) is 0 Å². The summed E-state index contributed by atoms with van der Waals surface area (Å²) in [6.45, 7) is -0.456. The van der Waals surface area contributed by atoms with Crippen molar-refractivity contribution in [3.8, 4) is 0 Å². The van der Waals surface area contributed by atoms with Crippen molar-refractivity contribution >= 4 is 38.9 Å². The van der Waals surface area contributed by atoms with Crippen molar-refractivity contribution in [3.05, 3.63) is 16.5 Å². The molecule has 0 bridgehead atoms. The molecule has 0 aromatic carbocycles. The van der Waals surface area contributed by atoms with Crippen LogP contribution in [-0.4, -0.2) is 39.3 Å². The zero-order chi connectivity index (χ0) is 12.9. The highest BCUT2D eigenvalue weighted by molar-refractivity contribution is 7.91. The Bertz CT molecular complexity index is 484. The summed E-state index contributed by atoms with van der Waals surface area (Å²) in [4.78, 5) is 10.1. The van der Waals surface area contributed by atoms with Crippen molar-refractivity contribution in [2.24, 2.45) is 0 Å². The second-order valence-electron chi connectivity index (χ2n) is 2.90. The molecule has 1 aromatic heterocycles. The third-order valence-electron chi connectivity index (χ3n) is 1.58. The van der Waals surface area contributed by atoms with E-state index in [-0.39, 0.29) is 17.4 Å². The van der Waals surface area contributed by atoms with Crippen molar-refractivity contribution in [2.45, 2.75) is 4.21 Å². The Morgan fingerprint density at radius 2 is 2.24 bits per heavy atom. The van der Waals surface area contributed by atoms with Gasteiger partial charge < -0.3 is 9.84 Å². The highest BCUT2D eigenvalue weighted by Crippen LogP contribution is 2.24. The first kappa shape index (κ1) is 14.4. The third-order valence-corrected chi connectivity index (χ3v) is 4.76. The molecule has 96 valence electrons. The number of rotatable bonds is 7. The molecule has 1 rings (SSSR count). The maximum atomic E-state index is 11.6. The van der Waals surface area contributed by atoms with E-state index in [9.17, 15) is 13.2 Å². The van der Waals surface area contributed by atoms with Gasteiger partial charge in [-0.25, -0.2) is 17.9 Å². The molecular formula is C8H10ClNO5S2. The number of halogens is 1. The van der Waals surface area contributed by atoms with E-state index in [0.717, 1.165) is 11.3 Å². The smallest absolute Gasteiger partial charge is 0.329 e. The van der Waals surface area contributed by atoms with Gasteiger partial charge in [-0.3, -0.25) is 0 Å². The van der Waals surface area contributed by atoms with Crippen molar-refractivity contribution in [1.29, 1.82) is 0 Å². The van der Waals surface area contributed by atoms with Gasteiger partial charge in [-0.1, -0.05) is 11.6 Å². The molecule has 0 unspecified atom stereocenters. The molecule has 0 spiro atoms. The molecule has 0 saturated carbocycles. The Morgan fingerprint density at radius 1 is 1.53 bits per heavy atom. The highest BCUT2D eigenvalue weighted by atomic mass is 35.5. The number of ether oxygens (including phenoxy) is 1. The number of nitrogens with one attached hydrogen (secondary N) is 1. The van der Waals surface area contributed by atoms with E-state index in [1.807, 2.05) is 0 Å². The summed E-state index contributed by atoms with van der Waals surface area (Å²) in [7, 11) is -3.58. The standard InChI is InChI=1S/C8H10ClNO5S2/c9-6-1-2-8(16-6)17(13,14)10-3-4-15-5-7(11)12/h1-2,10H,3-5H2,(H,11,12). The molecule has 0 atom stereocenters. The molecule has 1 aromatic rings. The zero-order valence-corrected chi connectivity index (χ0v) is 10.9. The van der Waals surface area contributed by atoms with Gasteiger partial charge in [0, 0.05) is 6.54 Å². The number of carbonyl (C=O) groups is 1. The van der Waals surface area contributed by atoms with Crippen molar-refractivity contribution in [3.63, 3.8) is 0 Å². The maximum Gasteiger partial charge on any atom is 0.329 e. The van der Waals surface area contributed by atoms with Crippen LogP contribution in [0.4, 0.5) is 0 Å². The summed E-state index contributed by atoms with van der Waals surface area (Å²) >= 11 is 6.56. The maximum absolute atomic E-state index is 11.6. The summed E-state index contributed by atoms with van der Waals surface area (Å²) in [6, 6.07) is 2.88. The van der Waals surface area contributed by atoms with E-state index < -0.39 is 22.6 Å². The molecule has 0 amide bonds. The summed E-state index contributed by atoms with van der Waals surface area (Å²) in [6.07, 6.45) is 0. The van der Waals surface area contributed by atoms with Crippen LogP contribution in [0.5, 0.6) is 0 Å². The number of hydrogen-bond acceptors (Lipinski definition) is 5. The summed E-state index contributed by atoms with van der Waals surface area (Å²) in [5.41, 5.74) is 0. The van der Waals surface area contributed by atoms with Crippen LogP contribution in [0, 0.1) is 0 Å². The number of thiophene rings is 1. The molecule has 0 aliphatic rings. The molecule has 17 heavy (non-hydrogen) atoms. The lowest BCUT2D eigenvalue weighted by Gasteiger charge is -2.04. The predicted octanol–water partition coefficient (Wildman–Crippen LogP) is 0.781. The lowest BCUT2D eigenvalue weighted by Crippen LogP contribution is -2.27. The van der Waals surface area contributed by atoms with Gasteiger partial charge in [0.25, 0.3) is 0 Å².